The highest BCUT2D eigenvalue weighted by Crippen LogP contribution is 2.13. The molecule has 2 N–H and O–H groups in total. The first kappa shape index (κ1) is 22.2. The Balaban J connectivity index is 0.00000484. The highest BCUT2D eigenvalue weighted by Gasteiger charge is 2.15. The van der Waals surface area contributed by atoms with Gasteiger partial charge in [0.2, 0.25) is 0 Å². The van der Waals surface area contributed by atoms with Crippen molar-refractivity contribution in [3.05, 3.63) is 17.0 Å². The summed E-state index contributed by atoms with van der Waals surface area (Å²) in [6.45, 7) is 12.4. The Morgan fingerprint density at radius 2 is 2.00 bits per heavy atom. The maximum atomic E-state index is 5.39. The minimum absolute atomic E-state index is 0. The van der Waals surface area contributed by atoms with Gasteiger partial charge < -0.3 is 19.9 Å². The van der Waals surface area contributed by atoms with Crippen LogP contribution in [0.3, 0.4) is 0 Å². The van der Waals surface area contributed by atoms with E-state index in [1.807, 2.05) is 27.7 Å². The largest absolute Gasteiger partial charge is 0.377 e. The van der Waals surface area contributed by atoms with Gasteiger partial charge in [-0.15, -0.1) is 24.0 Å². The fourth-order valence-electron chi connectivity index (χ4n) is 2.01. The van der Waals surface area contributed by atoms with Crippen molar-refractivity contribution in [1.29, 1.82) is 0 Å². The predicted molar refractivity (Wildman–Crippen MR) is 105 cm³/mol. The van der Waals surface area contributed by atoms with Gasteiger partial charge in [0.15, 0.2) is 5.96 Å². The molecule has 1 rings (SSSR count). The molecule has 0 aliphatic rings. The Morgan fingerprint density at radius 1 is 1.30 bits per heavy atom. The van der Waals surface area contributed by atoms with E-state index in [9.17, 15) is 0 Å². The molecule has 0 aliphatic heterocycles. The zero-order valence-corrected chi connectivity index (χ0v) is 17.5. The van der Waals surface area contributed by atoms with Crippen LogP contribution in [0.2, 0.25) is 0 Å². The first-order valence-corrected chi connectivity index (χ1v) is 7.88. The Kier molecular flexibility index (Phi) is 10.5. The first-order valence-electron chi connectivity index (χ1n) is 7.88. The van der Waals surface area contributed by atoms with Gasteiger partial charge in [0.05, 0.1) is 17.8 Å². The standard InChI is InChI=1S/C16H30N4O2.HI/c1-7-17-15(19-11-16(4,5)21-6)18-10-8-9-14-12(2)20-22-13(14)3;/h7-11H2,1-6H3,(H2,17,18,19);1H. The van der Waals surface area contributed by atoms with Gasteiger partial charge in [0.1, 0.15) is 5.76 Å². The molecule has 0 atom stereocenters. The molecule has 1 aromatic heterocycles. The van der Waals surface area contributed by atoms with E-state index in [1.165, 1.54) is 5.56 Å². The number of aliphatic imine (C=N–C) groups is 1. The van der Waals surface area contributed by atoms with Crippen LogP contribution in [0.15, 0.2) is 9.52 Å². The number of nitrogens with one attached hydrogen (secondary N) is 2. The summed E-state index contributed by atoms with van der Waals surface area (Å²) >= 11 is 0. The second-order valence-corrected chi connectivity index (χ2v) is 5.99. The molecule has 0 amide bonds. The maximum absolute atomic E-state index is 5.39. The molecule has 0 aliphatic carbocycles. The summed E-state index contributed by atoms with van der Waals surface area (Å²) in [7, 11) is 1.71. The molecule has 1 aromatic rings. The smallest absolute Gasteiger partial charge is 0.191 e. The van der Waals surface area contributed by atoms with Crippen molar-refractivity contribution in [2.75, 3.05) is 26.7 Å². The van der Waals surface area contributed by atoms with Crippen molar-refractivity contribution in [3.63, 3.8) is 0 Å². The van der Waals surface area contributed by atoms with E-state index in [2.05, 4.69) is 27.7 Å². The zero-order valence-electron chi connectivity index (χ0n) is 15.2. The average molecular weight is 438 g/mol. The van der Waals surface area contributed by atoms with Gasteiger partial charge in [-0.1, -0.05) is 5.16 Å². The molecule has 1 heterocycles. The Hall–Kier alpha value is -0.830. The first-order chi connectivity index (χ1) is 10.4. The number of aromatic nitrogens is 1. The van der Waals surface area contributed by atoms with E-state index in [0.717, 1.165) is 43.3 Å². The number of methoxy groups -OCH3 is 1. The minimum Gasteiger partial charge on any atom is -0.377 e. The third-order valence-electron chi connectivity index (χ3n) is 3.59. The average Bonchev–Trinajstić information content (AvgIpc) is 2.80. The summed E-state index contributed by atoms with van der Waals surface area (Å²) in [6.07, 6.45) is 1.96. The topological polar surface area (TPSA) is 71.7 Å². The minimum atomic E-state index is -0.251. The molecule has 6 nitrogen and oxygen atoms in total. The van der Waals surface area contributed by atoms with Gasteiger partial charge in [0, 0.05) is 25.8 Å². The lowest BCUT2D eigenvalue weighted by atomic mass is 10.1. The lowest BCUT2D eigenvalue weighted by Crippen LogP contribution is -2.39. The van der Waals surface area contributed by atoms with E-state index in [-0.39, 0.29) is 29.6 Å². The van der Waals surface area contributed by atoms with Crippen LogP contribution in [-0.2, 0) is 11.2 Å². The molecule has 0 aromatic carbocycles. The lowest BCUT2D eigenvalue weighted by molar-refractivity contribution is 0.0310. The van der Waals surface area contributed by atoms with Crippen LogP contribution in [-0.4, -0.2) is 43.5 Å². The number of hydrogen-bond donors (Lipinski definition) is 2. The summed E-state index contributed by atoms with van der Waals surface area (Å²) in [5, 5.41) is 10.6. The second kappa shape index (κ2) is 10.9. The Labute approximate surface area is 156 Å². The summed E-state index contributed by atoms with van der Waals surface area (Å²) in [4.78, 5) is 4.56. The van der Waals surface area contributed by atoms with Crippen LogP contribution < -0.4 is 10.6 Å². The van der Waals surface area contributed by atoms with Gasteiger partial charge in [-0.25, -0.2) is 0 Å². The Bertz CT molecular complexity index is 467. The van der Waals surface area contributed by atoms with Crippen LogP contribution >= 0.6 is 24.0 Å². The number of halogens is 1. The number of aryl methyl sites for hydroxylation is 2. The summed E-state index contributed by atoms with van der Waals surface area (Å²) in [6, 6.07) is 0. The third kappa shape index (κ3) is 8.01. The summed E-state index contributed by atoms with van der Waals surface area (Å²) < 4.78 is 10.6. The highest BCUT2D eigenvalue weighted by atomic mass is 127. The number of nitrogens with zero attached hydrogens (tertiary/aromatic N) is 2. The summed E-state index contributed by atoms with van der Waals surface area (Å²) in [5.74, 6) is 1.74. The van der Waals surface area contributed by atoms with Gasteiger partial charge in [-0.3, -0.25) is 4.99 Å². The number of hydrogen-bond acceptors (Lipinski definition) is 4. The van der Waals surface area contributed by atoms with E-state index >= 15 is 0 Å². The van der Waals surface area contributed by atoms with Gasteiger partial charge in [-0.2, -0.15) is 0 Å². The third-order valence-corrected chi connectivity index (χ3v) is 3.59. The van der Waals surface area contributed by atoms with Crippen LogP contribution in [0, 0.1) is 13.8 Å². The maximum Gasteiger partial charge on any atom is 0.191 e. The predicted octanol–water partition coefficient (Wildman–Crippen LogP) is 2.82. The Morgan fingerprint density at radius 3 is 2.52 bits per heavy atom. The van der Waals surface area contributed by atoms with E-state index in [0.29, 0.717) is 6.54 Å². The van der Waals surface area contributed by atoms with Crippen molar-refractivity contribution in [1.82, 2.24) is 15.8 Å². The molecule has 134 valence electrons. The van der Waals surface area contributed by atoms with Crippen molar-refractivity contribution >= 4 is 29.9 Å². The molecular formula is C16H31IN4O2. The van der Waals surface area contributed by atoms with E-state index in [4.69, 9.17) is 9.26 Å². The van der Waals surface area contributed by atoms with E-state index < -0.39 is 0 Å². The normalized spacial score (nSPS) is 12.0. The fourth-order valence-corrected chi connectivity index (χ4v) is 2.01. The monoisotopic (exact) mass is 438 g/mol. The van der Waals surface area contributed by atoms with Crippen molar-refractivity contribution in [2.45, 2.75) is 53.1 Å². The highest BCUT2D eigenvalue weighted by molar-refractivity contribution is 14.0. The molecule has 0 saturated heterocycles. The van der Waals surface area contributed by atoms with E-state index in [1.54, 1.807) is 7.11 Å². The van der Waals surface area contributed by atoms with Gasteiger partial charge >= 0.3 is 0 Å². The van der Waals surface area contributed by atoms with Crippen molar-refractivity contribution in [2.24, 2.45) is 4.99 Å². The van der Waals surface area contributed by atoms with Crippen molar-refractivity contribution < 1.29 is 9.26 Å². The molecule has 7 heteroatoms. The second-order valence-electron chi connectivity index (χ2n) is 5.99. The molecule has 0 unspecified atom stereocenters. The van der Waals surface area contributed by atoms with Crippen LogP contribution in [0.4, 0.5) is 0 Å². The molecular weight excluding hydrogens is 407 g/mol. The molecule has 23 heavy (non-hydrogen) atoms. The van der Waals surface area contributed by atoms with Gasteiger partial charge in [0.25, 0.3) is 0 Å². The molecule has 0 radical (unpaired) electrons. The summed E-state index contributed by atoms with van der Waals surface area (Å²) in [5.41, 5.74) is 1.95. The molecule has 0 bridgehead atoms. The van der Waals surface area contributed by atoms with Crippen LogP contribution in [0.25, 0.3) is 0 Å². The number of ether oxygens (including phenoxy) is 1. The molecule has 0 saturated carbocycles. The molecule has 0 fully saturated rings. The van der Waals surface area contributed by atoms with Gasteiger partial charge in [-0.05, 0) is 47.5 Å². The SMILES string of the molecule is CCNC(=NCC(C)(C)OC)NCCCc1c(C)noc1C.I. The number of rotatable bonds is 8. The van der Waals surface area contributed by atoms with Crippen LogP contribution in [0.1, 0.15) is 44.2 Å². The lowest BCUT2D eigenvalue weighted by Gasteiger charge is -2.21. The molecule has 0 spiro atoms. The zero-order chi connectivity index (χ0) is 16.6. The van der Waals surface area contributed by atoms with Crippen molar-refractivity contribution in [3.8, 4) is 0 Å². The number of guanidine groups is 1. The fraction of sp³-hybridized carbons (Fsp3) is 0.750. The van der Waals surface area contributed by atoms with Crippen LogP contribution in [0.5, 0.6) is 0 Å². The quantitative estimate of drug-likeness (QED) is 0.283.